The maximum absolute atomic E-state index is 9.57. The molecule has 0 rings (SSSR count). The van der Waals surface area contributed by atoms with Crippen LogP contribution in [-0.4, -0.2) is 91.5 Å². The number of rotatable bonds is 12. The zero-order valence-electron chi connectivity index (χ0n) is 16.7. The molecule has 0 heterocycles. The Morgan fingerprint density at radius 3 is 0.862 bits per heavy atom. The molecule has 0 aromatic carbocycles. The fourth-order valence-electron chi connectivity index (χ4n) is 1.63. The molecule has 0 aromatic heterocycles. The van der Waals surface area contributed by atoms with Crippen molar-refractivity contribution in [3.63, 3.8) is 0 Å². The van der Waals surface area contributed by atoms with E-state index in [9.17, 15) is 20.4 Å². The lowest BCUT2D eigenvalue weighted by atomic mass is 9.92. The van der Waals surface area contributed by atoms with Gasteiger partial charge in [0, 0.05) is 0 Å². The second-order valence-electron chi connectivity index (χ2n) is 6.63. The van der Waals surface area contributed by atoms with Gasteiger partial charge in [0.25, 0.3) is 0 Å². The maximum atomic E-state index is 9.57. The first-order valence-corrected chi connectivity index (χ1v) is 10.3. The molecule has 8 nitrogen and oxygen atoms in total. The lowest BCUT2D eigenvalue weighted by Gasteiger charge is -2.34. The van der Waals surface area contributed by atoms with Crippen molar-refractivity contribution in [3.8, 4) is 0 Å². The molecule has 4 atom stereocenters. The van der Waals surface area contributed by atoms with Crippen LogP contribution < -0.4 is 0 Å². The molecule has 168 valence electrons. The van der Waals surface area contributed by atoms with Gasteiger partial charge in [0.15, 0.2) is 20.2 Å². The lowest BCUT2D eigenvalue weighted by Crippen LogP contribution is -2.45. The molecule has 0 saturated heterocycles. The van der Waals surface area contributed by atoms with Gasteiger partial charge in [-0.3, -0.25) is 0 Å². The molecule has 0 radical (unpaired) electrons. The predicted molar refractivity (Wildman–Crippen MR) is 123 cm³/mol. The second-order valence-corrected chi connectivity index (χ2v) is 8.24. The normalized spacial score (nSPS) is 17.1. The van der Waals surface area contributed by atoms with Gasteiger partial charge in [0.05, 0.1) is 0 Å². The first-order chi connectivity index (χ1) is 13.3. The van der Waals surface area contributed by atoms with Crippen molar-refractivity contribution >= 4 is 69.1 Å². The highest BCUT2D eigenvalue weighted by molar-refractivity contribution is 7.80. The third-order valence-electron chi connectivity index (χ3n) is 3.45. The largest absolute Gasteiger partial charge is 0.483 e. The summed E-state index contributed by atoms with van der Waals surface area (Å²) in [5.41, 5.74) is -1.12. The van der Waals surface area contributed by atoms with E-state index in [1.807, 2.05) is 0 Å². The van der Waals surface area contributed by atoms with Gasteiger partial charge < -0.3 is 39.4 Å². The first kappa shape index (κ1) is 28.4. The number of aliphatic hydroxyl groups excluding tert-OH is 4. The third kappa shape index (κ3) is 11.4. The summed E-state index contributed by atoms with van der Waals surface area (Å²) in [5.74, 6) is 0. The summed E-state index contributed by atoms with van der Waals surface area (Å²) in [4.78, 5) is 0. The van der Waals surface area contributed by atoms with Gasteiger partial charge in [-0.05, 0) is 76.6 Å². The molecule has 29 heavy (non-hydrogen) atoms. The van der Waals surface area contributed by atoms with Gasteiger partial charge in [0.1, 0.15) is 56.3 Å². The van der Waals surface area contributed by atoms with E-state index in [-0.39, 0.29) is 46.6 Å². The molecular formula is C17H28O8S4. The fourth-order valence-corrected chi connectivity index (χ4v) is 1.86. The third-order valence-corrected chi connectivity index (χ3v) is 5.28. The van der Waals surface area contributed by atoms with E-state index in [0.717, 1.165) is 0 Å². The molecule has 0 aliphatic heterocycles. The highest BCUT2D eigenvalue weighted by Crippen LogP contribution is 2.23. The van der Waals surface area contributed by atoms with Gasteiger partial charge in [0.2, 0.25) is 0 Å². The molecule has 0 aromatic rings. The Kier molecular flexibility index (Phi) is 13.4. The van der Waals surface area contributed by atoms with Crippen LogP contribution in [0.4, 0.5) is 0 Å². The number of hydrogen-bond donors (Lipinski definition) is 4. The summed E-state index contributed by atoms with van der Waals surface area (Å²) in [6, 6.07) is 0. The minimum absolute atomic E-state index is 0.0660. The van der Waals surface area contributed by atoms with Gasteiger partial charge in [-0.25, -0.2) is 0 Å². The van der Waals surface area contributed by atoms with Crippen molar-refractivity contribution in [2.45, 2.75) is 52.1 Å². The van der Waals surface area contributed by atoms with E-state index in [4.69, 9.17) is 67.8 Å². The molecule has 0 spiro atoms. The Balaban J connectivity index is 5.58. The highest BCUT2D eigenvalue weighted by Gasteiger charge is 2.37. The lowest BCUT2D eigenvalue weighted by molar-refractivity contribution is -0.0247. The van der Waals surface area contributed by atoms with Crippen LogP contribution in [0.5, 0.6) is 0 Å². The Bertz CT molecular complexity index is 476. The Morgan fingerprint density at radius 1 is 0.552 bits per heavy atom. The number of ether oxygens (including phenoxy) is 4. The summed E-state index contributed by atoms with van der Waals surface area (Å²) >= 11 is 19.9. The van der Waals surface area contributed by atoms with Crippen molar-refractivity contribution < 1.29 is 39.4 Å². The average Bonchev–Trinajstić information content (AvgIpc) is 2.64. The van der Waals surface area contributed by atoms with E-state index in [1.165, 1.54) is 27.7 Å². The van der Waals surface area contributed by atoms with E-state index in [1.54, 1.807) is 0 Å². The van der Waals surface area contributed by atoms with Crippen LogP contribution in [0, 0.1) is 5.41 Å². The zero-order chi connectivity index (χ0) is 22.8. The zero-order valence-corrected chi connectivity index (χ0v) is 20.0. The molecule has 4 unspecified atom stereocenters. The summed E-state index contributed by atoms with van der Waals surface area (Å²) in [6.45, 7) is 5.19. The summed E-state index contributed by atoms with van der Waals surface area (Å²) in [5, 5.41) is 38.0. The quantitative estimate of drug-likeness (QED) is 0.292. The van der Waals surface area contributed by atoms with Crippen molar-refractivity contribution in [2.75, 3.05) is 26.4 Å². The van der Waals surface area contributed by atoms with Crippen LogP contribution in [0.15, 0.2) is 0 Å². The Labute approximate surface area is 192 Å². The molecule has 0 aliphatic carbocycles. The molecule has 0 amide bonds. The molecule has 0 aliphatic rings. The molecule has 0 saturated carbocycles. The predicted octanol–water partition coefficient (Wildman–Crippen LogP) is 0.872. The fraction of sp³-hybridized carbons (Fsp3) is 0.765. The first-order valence-electron chi connectivity index (χ1n) is 8.70. The molecule has 0 fully saturated rings. The smallest absolute Gasteiger partial charge is 0.188 e. The summed E-state index contributed by atoms with van der Waals surface area (Å²) in [7, 11) is 0. The summed E-state index contributed by atoms with van der Waals surface area (Å²) < 4.78 is 21.9. The van der Waals surface area contributed by atoms with Crippen molar-refractivity contribution in [1.29, 1.82) is 0 Å². The Hall–Kier alpha value is -0.600. The van der Waals surface area contributed by atoms with Crippen LogP contribution in [-0.2, 0) is 18.9 Å². The number of thiocarbonyl (C=S) groups is 4. The van der Waals surface area contributed by atoms with E-state index in [2.05, 4.69) is 0 Å². The average molecular weight is 489 g/mol. The highest BCUT2D eigenvalue weighted by atomic mass is 32.1. The molecule has 0 bridgehead atoms. The van der Waals surface area contributed by atoms with Crippen LogP contribution in [0.3, 0.4) is 0 Å². The number of aliphatic hydroxyl groups is 4. The second kappa shape index (κ2) is 13.7. The standard InChI is InChI=1S/C17H28O8S4/c1-9(18)13(26)22-5-17(6-23-14(27)10(2)19,7-24-15(28)11(3)20)8-25-16(29)12(4)21/h9-12,18-21H,5-8H2,1-4H3. The van der Waals surface area contributed by atoms with E-state index in [0.29, 0.717) is 0 Å². The van der Waals surface area contributed by atoms with Gasteiger partial charge in [-0.2, -0.15) is 0 Å². The van der Waals surface area contributed by atoms with Crippen molar-refractivity contribution in [1.82, 2.24) is 0 Å². The van der Waals surface area contributed by atoms with Crippen molar-refractivity contribution in [2.24, 2.45) is 5.41 Å². The minimum atomic E-state index is -1.12. The van der Waals surface area contributed by atoms with Gasteiger partial charge in [-0.1, -0.05) is 0 Å². The summed E-state index contributed by atoms with van der Waals surface area (Å²) in [6.07, 6.45) is -4.00. The SMILES string of the molecule is CC(O)C(=S)OCC(COC(=S)C(C)O)(COC(=S)C(C)O)COC(=S)C(C)O. The van der Waals surface area contributed by atoms with Gasteiger partial charge in [-0.15, -0.1) is 0 Å². The van der Waals surface area contributed by atoms with Crippen molar-refractivity contribution in [3.05, 3.63) is 0 Å². The topological polar surface area (TPSA) is 118 Å². The molecular weight excluding hydrogens is 460 g/mol. The molecule has 12 heteroatoms. The maximum Gasteiger partial charge on any atom is 0.188 e. The number of hydrogen-bond acceptors (Lipinski definition) is 12. The van der Waals surface area contributed by atoms with E-state index >= 15 is 0 Å². The van der Waals surface area contributed by atoms with Crippen LogP contribution in [0.1, 0.15) is 27.7 Å². The Morgan fingerprint density at radius 2 is 0.724 bits per heavy atom. The van der Waals surface area contributed by atoms with Crippen LogP contribution in [0.2, 0.25) is 0 Å². The van der Waals surface area contributed by atoms with Gasteiger partial charge >= 0.3 is 0 Å². The van der Waals surface area contributed by atoms with E-state index < -0.39 is 29.8 Å². The molecule has 4 N–H and O–H groups in total. The minimum Gasteiger partial charge on any atom is -0.483 e. The monoisotopic (exact) mass is 488 g/mol. The van der Waals surface area contributed by atoms with Crippen LogP contribution >= 0.6 is 48.9 Å². The van der Waals surface area contributed by atoms with Crippen LogP contribution in [0.25, 0.3) is 0 Å².